The van der Waals surface area contributed by atoms with E-state index in [2.05, 4.69) is 20.3 Å². The van der Waals surface area contributed by atoms with Crippen LogP contribution in [0, 0.1) is 0 Å². The minimum atomic E-state index is -0.359. The Balaban J connectivity index is 2.14. The quantitative estimate of drug-likeness (QED) is 0.864. The van der Waals surface area contributed by atoms with Crippen LogP contribution in [0.3, 0.4) is 0 Å². The predicted molar refractivity (Wildman–Crippen MR) is 78.5 cm³/mol. The molecule has 2 rings (SSSR count). The second-order valence-electron chi connectivity index (χ2n) is 4.05. The van der Waals surface area contributed by atoms with E-state index < -0.39 is 0 Å². The lowest BCUT2D eigenvalue weighted by Crippen LogP contribution is -2.14. The average Bonchev–Trinajstić information content (AvgIpc) is 2.56. The fourth-order valence-electron chi connectivity index (χ4n) is 1.63. The summed E-state index contributed by atoms with van der Waals surface area (Å²) in [5.74, 6) is 0.311. The average molecular weight is 304 g/mol. The van der Waals surface area contributed by atoms with E-state index in [0.29, 0.717) is 23.7 Å². The number of hydrogen-bond acceptors (Lipinski definition) is 7. The highest BCUT2D eigenvalue weighted by Crippen LogP contribution is 2.23. The van der Waals surface area contributed by atoms with Crippen molar-refractivity contribution >= 4 is 11.6 Å². The van der Waals surface area contributed by atoms with Crippen LogP contribution in [0.25, 0.3) is 0 Å². The molecular formula is C14H16N4O4. The molecule has 0 bridgehead atoms. The van der Waals surface area contributed by atoms with Gasteiger partial charge < -0.3 is 19.5 Å². The number of carbonyl (C=O) groups excluding carboxylic acids is 1. The highest BCUT2D eigenvalue weighted by molar-refractivity contribution is 6.04. The molecule has 0 fully saturated rings. The van der Waals surface area contributed by atoms with E-state index in [-0.39, 0.29) is 17.8 Å². The zero-order valence-electron chi connectivity index (χ0n) is 12.5. The Morgan fingerprint density at radius 3 is 2.59 bits per heavy atom. The van der Waals surface area contributed by atoms with Crippen molar-refractivity contribution in [2.75, 3.05) is 26.1 Å². The number of hydrogen-bond donors (Lipinski definition) is 1. The Labute approximate surface area is 127 Å². The monoisotopic (exact) mass is 304 g/mol. The third kappa shape index (κ3) is 3.60. The van der Waals surface area contributed by atoms with Gasteiger partial charge in [0.15, 0.2) is 0 Å². The number of nitrogens with zero attached hydrogens (tertiary/aromatic N) is 3. The lowest BCUT2D eigenvalue weighted by Gasteiger charge is -2.09. The standard InChI is InChI=1S/C14H16N4O4/c1-4-22-11-6-5-9(7-15-11)12(19)17-10-8-16-14(21-3)18-13(10)20-2/h5-8H,4H2,1-3H3,(H,17,19). The maximum atomic E-state index is 12.2. The number of nitrogens with one attached hydrogen (secondary N) is 1. The molecule has 0 spiro atoms. The zero-order chi connectivity index (χ0) is 15.9. The summed E-state index contributed by atoms with van der Waals surface area (Å²) in [6.07, 6.45) is 2.84. The summed E-state index contributed by atoms with van der Waals surface area (Å²) in [4.78, 5) is 24.1. The summed E-state index contributed by atoms with van der Waals surface area (Å²) in [5, 5.41) is 2.66. The minimum Gasteiger partial charge on any atom is -0.479 e. The molecule has 116 valence electrons. The normalized spacial score (nSPS) is 9.95. The van der Waals surface area contributed by atoms with Crippen LogP contribution in [0.5, 0.6) is 17.8 Å². The van der Waals surface area contributed by atoms with Gasteiger partial charge in [0.25, 0.3) is 5.91 Å². The van der Waals surface area contributed by atoms with Gasteiger partial charge in [-0.2, -0.15) is 4.98 Å². The second-order valence-corrected chi connectivity index (χ2v) is 4.05. The molecule has 0 aromatic carbocycles. The van der Waals surface area contributed by atoms with Crippen LogP contribution in [0.1, 0.15) is 17.3 Å². The van der Waals surface area contributed by atoms with Crippen LogP contribution in [-0.4, -0.2) is 41.7 Å². The summed E-state index contributed by atoms with van der Waals surface area (Å²) >= 11 is 0. The lowest BCUT2D eigenvalue weighted by molar-refractivity contribution is 0.102. The molecule has 22 heavy (non-hydrogen) atoms. The van der Waals surface area contributed by atoms with Gasteiger partial charge in [-0.25, -0.2) is 9.97 Å². The zero-order valence-corrected chi connectivity index (χ0v) is 12.5. The van der Waals surface area contributed by atoms with Gasteiger partial charge in [0.05, 0.1) is 32.6 Å². The number of amides is 1. The van der Waals surface area contributed by atoms with Gasteiger partial charge in [0.2, 0.25) is 11.8 Å². The first-order valence-electron chi connectivity index (χ1n) is 6.53. The third-order valence-electron chi connectivity index (χ3n) is 2.65. The first-order valence-corrected chi connectivity index (χ1v) is 6.53. The molecule has 1 N–H and O–H groups in total. The number of ether oxygens (including phenoxy) is 3. The molecule has 0 aliphatic carbocycles. The first-order chi connectivity index (χ1) is 10.7. The number of anilines is 1. The summed E-state index contributed by atoms with van der Waals surface area (Å²) < 4.78 is 15.2. The van der Waals surface area contributed by atoms with Gasteiger partial charge in [0, 0.05) is 12.3 Å². The number of aromatic nitrogens is 3. The Morgan fingerprint density at radius 2 is 2.00 bits per heavy atom. The van der Waals surface area contributed by atoms with E-state index in [1.807, 2.05) is 6.92 Å². The van der Waals surface area contributed by atoms with Gasteiger partial charge in [-0.3, -0.25) is 4.79 Å². The van der Waals surface area contributed by atoms with Crippen molar-refractivity contribution in [2.45, 2.75) is 6.92 Å². The Kier molecular flexibility index (Phi) is 5.07. The Hall–Kier alpha value is -2.90. The van der Waals surface area contributed by atoms with Crippen molar-refractivity contribution in [2.24, 2.45) is 0 Å². The molecule has 2 heterocycles. The van der Waals surface area contributed by atoms with E-state index in [1.54, 1.807) is 12.1 Å². The highest BCUT2D eigenvalue weighted by Gasteiger charge is 2.13. The molecule has 0 unspecified atom stereocenters. The van der Waals surface area contributed by atoms with E-state index in [4.69, 9.17) is 14.2 Å². The van der Waals surface area contributed by atoms with Gasteiger partial charge >= 0.3 is 6.01 Å². The van der Waals surface area contributed by atoms with E-state index in [1.165, 1.54) is 26.6 Å². The summed E-state index contributed by atoms with van der Waals surface area (Å²) in [5.41, 5.74) is 0.712. The Bertz CT molecular complexity index is 646. The minimum absolute atomic E-state index is 0.151. The van der Waals surface area contributed by atoms with Gasteiger partial charge in [-0.05, 0) is 13.0 Å². The largest absolute Gasteiger partial charge is 0.479 e. The van der Waals surface area contributed by atoms with Crippen LogP contribution in [0.15, 0.2) is 24.5 Å². The van der Waals surface area contributed by atoms with Crippen molar-refractivity contribution in [1.82, 2.24) is 15.0 Å². The fraction of sp³-hybridized carbons (Fsp3) is 0.286. The molecule has 0 atom stereocenters. The molecule has 1 amide bonds. The number of rotatable bonds is 6. The van der Waals surface area contributed by atoms with Crippen molar-refractivity contribution in [3.8, 4) is 17.8 Å². The molecule has 8 nitrogen and oxygen atoms in total. The van der Waals surface area contributed by atoms with Crippen LogP contribution in [0.2, 0.25) is 0 Å². The summed E-state index contributed by atoms with van der Waals surface area (Å²) in [7, 11) is 2.88. The number of carbonyl (C=O) groups is 1. The van der Waals surface area contributed by atoms with Crippen molar-refractivity contribution < 1.29 is 19.0 Å². The summed E-state index contributed by atoms with van der Waals surface area (Å²) in [6.45, 7) is 2.37. The molecule has 2 aromatic rings. The smallest absolute Gasteiger partial charge is 0.319 e. The predicted octanol–water partition coefficient (Wildman–Crippen LogP) is 1.54. The molecular weight excluding hydrogens is 288 g/mol. The van der Waals surface area contributed by atoms with Crippen molar-refractivity contribution in [3.63, 3.8) is 0 Å². The van der Waals surface area contributed by atoms with Gasteiger partial charge in [-0.15, -0.1) is 0 Å². The fourth-order valence-corrected chi connectivity index (χ4v) is 1.63. The maximum absolute atomic E-state index is 12.2. The molecule has 8 heteroatoms. The van der Waals surface area contributed by atoms with E-state index >= 15 is 0 Å². The number of methoxy groups -OCH3 is 2. The Morgan fingerprint density at radius 1 is 1.18 bits per heavy atom. The van der Waals surface area contributed by atoms with Crippen molar-refractivity contribution in [1.29, 1.82) is 0 Å². The second kappa shape index (κ2) is 7.21. The SMILES string of the molecule is CCOc1ccc(C(=O)Nc2cnc(OC)nc2OC)cn1. The van der Waals surface area contributed by atoms with Crippen LogP contribution in [0.4, 0.5) is 5.69 Å². The first kappa shape index (κ1) is 15.5. The molecule has 0 saturated carbocycles. The summed E-state index contributed by atoms with van der Waals surface area (Å²) in [6, 6.07) is 3.39. The number of pyridine rings is 1. The molecule has 0 saturated heterocycles. The molecule has 0 aliphatic heterocycles. The lowest BCUT2D eigenvalue weighted by atomic mass is 10.2. The molecule has 0 radical (unpaired) electrons. The van der Waals surface area contributed by atoms with Crippen LogP contribution in [-0.2, 0) is 0 Å². The molecule has 2 aromatic heterocycles. The third-order valence-corrected chi connectivity index (χ3v) is 2.65. The van der Waals surface area contributed by atoms with Crippen LogP contribution < -0.4 is 19.5 Å². The van der Waals surface area contributed by atoms with Gasteiger partial charge in [0.1, 0.15) is 5.69 Å². The highest BCUT2D eigenvalue weighted by atomic mass is 16.5. The van der Waals surface area contributed by atoms with Crippen LogP contribution >= 0.6 is 0 Å². The van der Waals surface area contributed by atoms with Crippen molar-refractivity contribution in [3.05, 3.63) is 30.1 Å². The molecule has 0 aliphatic rings. The van der Waals surface area contributed by atoms with E-state index in [9.17, 15) is 4.79 Å². The topological polar surface area (TPSA) is 95.5 Å². The van der Waals surface area contributed by atoms with E-state index in [0.717, 1.165) is 0 Å². The maximum Gasteiger partial charge on any atom is 0.319 e. The van der Waals surface area contributed by atoms with Gasteiger partial charge in [-0.1, -0.05) is 0 Å².